The van der Waals surface area contributed by atoms with Gasteiger partial charge in [0, 0.05) is 23.5 Å². The third-order valence-electron chi connectivity index (χ3n) is 2.35. The molecular weight excluding hydrogens is 262 g/mol. The molecule has 0 amide bonds. The molecule has 2 aromatic rings. The average molecular weight is 273 g/mol. The lowest BCUT2D eigenvalue weighted by Gasteiger charge is -2.10. The monoisotopic (exact) mass is 273 g/mol. The van der Waals surface area contributed by atoms with E-state index in [0.29, 0.717) is 10.8 Å². The van der Waals surface area contributed by atoms with E-state index in [4.69, 9.17) is 12.2 Å². The maximum Gasteiger partial charge on any atom is 0.271 e. The lowest BCUT2D eigenvalue weighted by Crippen LogP contribution is -2.18. The van der Waals surface area contributed by atoms with E-state index in [0.717, 1.165) is 5.69 Å². The van der Waals surface area contributed by atoms with Crippen LogP contribution in [0.25, 0.3) is 0 Å². The van der Waals surface area contributed by atoms with Gasteiger partial charge in [0.05, 0.1) is 4.92 Å². The second kappa shape index (κ2) is 5.92. The molecule has 2 N–H and O–H groups in total. The summed E-state index contributed by atoms with van der Waals surface area (Å²) in [6.07, 6.45) is 0. The molecule has 2 aromatic carbocycles. The first-order valence-corrected chi connectivity index (χ1v) is 5.93. The molecule has 0 saturated carbocycles. The number of thiocarbonyl (C=S) groups is 1. The standard InChI is InChI=1S/C13H11N3O2S/c17-16(18)12-8-4-7-11(9-12)15-13(19)14-10-5-2-1-3-6-10/h1-9H,(H2,14,15,19). The van der Waals surface area contributed by atoms with Crippen molar-refractivity contribution in [3.05, 3.63) is 64.7 Å². The van der Waals surface area contributed by atoms with E-state index in [-0.39, 0.29) is 5.69 Å². The first kappa shape index (κ1) is 13.0. The Morgan fingerprint density at radius 1 is 1.00 bits per heavy atom. The van der Waals surface area contributed by atoms with Crippen LogP contribution in [-0.4, -0.2) is 10.0 Å². The minimum Gasteiger partial charge on any atom is -0.332 e. The van der Waals surface area contributed by atoms with E-state index in [1.165, 1.54) is 12.1 Å². The number of benzene rings is 2. The number of hydrogen-bond acceptors (Lipinski definition) is 3. The zero-order valence-electron chi connectivity index (χ0n) is 9.87. The van der Waals surface area contributed by atoms with Crippen molar-refractivity contribution in [3.63, 3.8) is 0 Å². The third kappa shape index (κ3) is 3.75. The van der Waals surface area contributed by atoms with Gasteiger partial charge in [-0.25, -0.2) is 0 Å². The van der Waals surface area contributed by atoms with Crippen LogP contribution in [0.3, 0.4) is 0 Å². The molecule has 96 valence electrons. The first-order valence-electron chi connectivity index (χ1n) is 5.52. The molecule has 0 heterocycles. The highest BCUT2D eigenvalue weighted by Crippen LogP contribution is 2.17. The van der Waals surface area contributed by atoms with E-state index in [1.54, 1.807) is 12.1 Å². The van der Waals surface area contributed by atoms with Crippen molar-refractivity contribution in [2.75, 3.05) is 10.6 Å². The molecule has 0 saturated heterocycles. The number of rotatable bonds is 3. The van der Waals surface area contributed by atoms with Crippen LogP contribution >= 0.6 is 12.2 Å². The van der Waals surface area contributed by atoms with Crippen molar-refractivity contribution in [1.29, 1.82) is 0 Å². The van der Waals surface area contributed by atoms with E-state index < -0.39 is 4.92 Å². The van der Waals surface area contributed by atoms with Gasteiger partial charge < -0.3 is 10.6 Å². The smallest absolute Gasteiger partial charge is 0.271 e. The first-order chi connectivity index (χ1) is 9.15. The quantitative estimate of drug-likeness (QED) is 0.509. The molecule has 0 unspecified atom stereocenters. The normalized spacial score (nSPS) is 9.68. The molecule has 0 atom stereocenters. The van der Waals surface area contributed by atoms with Crippen LogP contribution in [0.15, 0.2) is 54.6 Å². The van der Waals surface area contributed by atoms with Crippen LogP contribution < -0.4 is 10.6 Å². The van der Waals surface area contributed by atoms with Crippen molar-refractivity contribution < 1.29 is 4.92 Å². The summed E-state index contributed by atoms with van der Waals surface area (Å²) in [5, 5.41) is 16.9. The molecule has 0 radical (unpaired) electrons. The van der Waals surface area contributed by atoms with Gasteiger partial charge in [0.15, 0.2) is 5.11 Å². The molecule has 0 aliphatic carbocycles. The number of non-ortho nitro benzene ring substituents is 1. The number of anilines is 2. The van der Waals surface area contributed by atoms with E-state index in [9.17, 15) is 10.1 Å². The predicted molar refractivity (Wildman–Crippen MR) is 79.4 cm³/mol. The van der Waals surface area contributed by atoms with E-state index in [2.05, 4.69) is 10.6 Å². The molecule has 0 aromatic heterocycles. The zero-order chi connectivity index (χ0) is 13.7. The third-order valence-corrected chi connectivity index (χ3v) is 2.55. The molecule has 0 aliphatic heterocycles. The van der Waals surface area contributed by atoms with Crippen LogP contribution in [0.1, 0.15) is 0 Å². The summed E-state index contributed by atoms with van der Waals surface area (Å²) in [4.78, 5) is 10.2. The zero-order valence-corrected chi connectivity index (χ0v) is 10.7. The van der Waals surface area contributed by atoms with Crippen molar-refractivity contribution in [3.8, 4) is 0 Å². The summed E-state index contributed by atoms with van der Waals surface area (Å²) in [6.45, 7) is 0. The number of nitrogens with one attached hydrogen (secondary N) is 2. The van der Waals surface area contributed by atoms with Gasteiger partial charge in [-0.05, 0) is 30.4 Å². The van der Waals surface area contributed by atoms with Gasteiger partial charge in [-0.1, -0.05) is 24.3 Å². The van der Waals surface area contributed by atoms with Crippen LogP contribution in [-0.2, 0) is 0 Å². The molecule has 0 fully saturated rings. The maximum absolute atomic E-state index is 10.7. The molecular formula is C13H11N3O2S. The largest absolute Gasteiger partial charge is 0.332 e. The molecule has 2 rings (SSSR count). The Bertz CT molecular complexity index is 602. The van der Waals surface area contributed by atoms with Gasteiger partial charge in [-0.15, -0.1) is 0 Å². The number of nitro groups is 1. The second-order valence-corrected chi connectivity index (χ2v) is 4.16. The topological polar surface area (TPSA) is 67.2 Å². The molecule has 0 bridgehead atoms. The summed E-state index contributed by atoms with van der Waals surface area (Å²) < 4.78 is 0. The number of para-hydroxylation sites is 1. The molecule has 19 heavy (non-hydrogen) atoms. The van der Waals surface area contributed by atoms with E-state index in [1.807, 2.05) is 30.3 Å². The highest BCUT2D eigenvalue weighted by atomic mass is 32.1. The minimum atomic E-state index is -0.446. The Labute approximate surface area is 115 Å². The van der Waals surface area contributed by atoms with Gasteiger partial charge in [-0.3, -0.25) is 10.1 Å². The number of hydrogen-bond donors (Lipinski definition) is 2. The van der Waals surface area contributed by atoms with Gasteiger partial charge in [0.2, 0.25) is 0 Å². The highest BCUT2D eigenvalue weighted by molar-refractivity contribution is 7.80. The fraction of sp³-hybridized carbons (Fsp3) is 0. The van der Waals surface area contributed by atoms with Gasteiger partial charge >= 0.3 is 0 Å². The van der Waals surface area contributed by atoms with Crippen molar-refractivity contribution in [2.24, 2.45) is 0 Å². The van der Waals surface area contributed by atoms with Crippen molar-refractivity contribution in [2.45, 2.75) is 0 Å². The number of nitro benzene ring substituents is 1. The van der Waals surface area contributed by atoms with Crippen molar-refractivity contribution >= 4 is 34.4 Å². The van der Waals surface area contributed by atoms with Crippen LogP contribution in [0.5, 0.6) is 0 Å². The Kier molecular flexibility index (Phi) is 4.04. The molecule has 0 spiro atoms. The summed E-state index contributed by atoms with van der Waals surface area (Å²) in [5.74, 6) is 0. The summed E-state index contributed by atoms with van der Waals surface area (Å²) in [6, 6.07) is 15.6. The Hall–Kier alpha value is -2.47. The lowest BCUT2D eigenvalue weighted by atomic mass is 10.3. The Balaban J connectivity index is 2.03. The fourth-order valence-electron chi connectivity index (χ4n) is 1.51. The number of nitrogens with zero attached hydrogens (tertiary/aromatic N) is 1. The Morgan fingerprint density at radius 3 is 2.32 bits per heavy atom. The minimum absolute atomic E-state index is 0.0208. The van der Waals surface area contributed by atoms with Crippen molar-refractivity contribution in [1.82, 2.24) is 0 Å². The van der Waals surface area contributed by atoms with Gasteiger partial charge in [0.25, 0.3) is 5.69 Å². The van der Waals surface area contributed by atoms with Gasteiger partial charge in [0.1, 0.15) is 0 Å². The molecule has 0 aliphatic rings. The maximum atomic E-state index is 10.7. The van der Waals surface area contributed by atoms with Gasteiger partial charge in [-0.2, -0.15) is 0 Å². The lowest BCUT2D eigenvalue weighted by molar-refractivity contribution is -0.384. The van der Waals surface area contributed by atoms with Crippen LogP contribution in [0.4, 0.5) is 17.1 Å². The fourth-order valence-corrected chi connectivity index (χ4v) is 1.75. The highest BCUT2D eigenvalue weighted by Gasteiger charge is 2.06. The second-order valence-electron chi connectivity index (χ2n) is 3.75. The SMILES string of the molecule is O=[N+]([O-])c1cccc(NC(=S)Nc2ccccc2)c1. The van der Waals surface area contributed by atoms with Crippen LogP contribution in [0, 0.1) is 10.1 Å². The summed E-state index contributed by atoms with van der Waals surface area (Å²) in [7, 11) is 0. The average Bonchev–Trinajstić information content (AvgIpc) is 2.40. The van der Waals surface area contributed by atoms with E-state index >= 15 is 0 Å². The molecule has 5 nitrogen and oxygen atoms in total. The van der Waals surface area contributed by atoms with Crippen LogP contribution in [0.2, 0.25) is 0 Å². The Morgan fingerprint density at radius 2 is 1.63 bits per heavy atom. The predicted octanol–water partition coefficient (Wildman–Crippen LogP) is 3.40. The summed E-state index contributed by atoms with van der Waals surface area (Å²) >= 11 is 5.13. The molecule has 6 heteroatoms. The summed E-state index contributed by atoms with van der Waals surface area (Å²) in [5.41, 5.74) is 1.44.